The highest BCUT2D eigenvalue weighted by Gasteiger charge is 2.30. The highest BCUT2D eigenvalue weighted by atomic mass is 35.5. The number of fused-ring (bicyclic) bond motifs is 1. The van der Waals surface area contributed by atoms with E-state index in [1.165, 1.54) is 8.87 Å². The number of oxazole rings is 1. The summed E-state index contributed by atoms with van der Waals surface area (Å²) in [5.74, 6) is -0.678. The Morgan fingerprint density at radius 2 is 1.75 bits per heavy atom. The Hall–Kier alpha value is -2.62. The van der Waals surface area contributed by atoms with Gasteiger partial charge in [-0.3, -0.25) is 9.36 Å². The molecule has 2 aromatic carbocycles. The van der Waals surface area contributed by atoms with Gasteiger partial charge in [0.2, 0.25) is 15.9 Å². The highest BCUT2D eigenvalue weighted by molar-refractivity contribution is 7.89. The molecule has 0 radical (unpaired) electrons. The van der Waals surface area contributed by atoms with E-state index in [-0.39, 0.29) is 36.9 Å². The van der Waals surface area contributed by atoms with E-state index in [4.69, 9.17) is 16.0 Å². The SMILES string of the molecule is Cc1ccc(S(=O)(=O)N2CCN(C(=O)CCn3c(=O)oc4cc(Cl)ccc43)CC2)cc1C. The van der Waals surface area contributed by atoms with Crippen molar-refractivity contribution in [2.75, 3.05) is 26.2 Å². The number of amides is 1. The number of hydrogen-bond donors (Lipinski definition) is 0. The van der Waals surface area contributed by atoms with Crippen molar-refractivity contribution in [2.24, 2.45) is 0 Å². The second-order valence-electron chi connectivity index (χ2n) is 7.91. The van der Waals surface area contributed by atoms with Crippen LogP contribution in [-0.2, 0) is 21.4 Å². The third kappa shape index (κ3) is 4.32. The van der Waals surface area contributed by atoms with E-state index in [1.54, 1.807) is 41.3 Å². The van der Waals surface area contributed by atoms with Crippen molar-refractivity contribution in [1.82, 2.24) is 13.8 Å². The minimum Gasteiger partial charge on any atom is -0.408 e. The summed E-state index contributed by atoms with van der Waals surface area (Å²) in [6, 6.07) is 10.0. The Kier molecular flexibility index (Phi) is 6.15. The molecule has 2 heterocycles. The second-order valence-corrected chi connectivity index (χ2v) is 10.3. The zero-order chi connectivity index (χ0) is 23.0. The first kappa shape index (κ1) is 22.6. The largest absolute Gasteiger partial charge is 0.419 e. The lowest BCUT2D eigenvalue weighted by Gasteiger charge is -2.34. The molecule has 0 bridgehead atoms. The summed E-state index contributed by atoms with van der Waals surface area (Å²) in [5, 5.41) is 0.461. The van der Waals surface area contributed by atoms with Crippen LogP contribution in [0.1, 0.15) is 17.5 Å². The average Bonchev–Trinajstić information content (AvgIpc) is 3.07. The number of sulfonamides is 1. The van der Waals surface area contributed by atoms with Crippen LogP contribution >= 0.6 is 11.6 Å². The van der Waals surface area contributed by atoms with E-state index in [0.717, 1.165) is 11.1 Å². The number of benzene rings is 2. The third-order valence-corrected chi connectivity index (χ3v) is 8.02. The van der Waals surface area contributed by atoms with Crippen LogP contribution in [0.3, 0.4) is 0 Å². The number of carbonyl (C=O) groups is 1. The smallest absolute Gasteiger partial charge is 0.408 e. The number of halogens is 1. The Labute approximate surface area is 191 Å². The Morgan fingerprint density at radius 3 is 2.44 bits per heavy atom. The van der Waals surface area contributed by atoms with Crippen molar-refractivity contribution < 1.29 is 17.6 Å². The molecule has 10 heteroatoms. The third-order valence-electron chi connectivity index (χ3n) is 5.89. The van der Waals surface area contributed by atoms with Gasteiger partial charge >= 0.3 is 5.76 Å². The first-order valence-corrected chi connectivity index (χ1v) is 12.1. The molecule has 3 aromatic rings. The van der Waals surface area contributed by atoms with Crippen molar-refractivity contribution in [3.05, 3.63) is 63.1 Å². The van der Waals surface area contributed by atoms with E-state index in [9.17, 15) is 18.0 Å². The predicted molar refractivity (Wildman–Crippen MR) is 121 cm³/mol. The fraction of sp³-hybridized carbons (Fsp3) is 0.364. The molecule has 1 aliphatic heterocycles. The molecule has 8 nitrogen and oxygen atoms in total. The zero-order valence-electron chi connectivity index (χ0n) is 17.9. The topological polar surface area (TPSA) is 92.8 Å². The minimum absolute atomic E-state index is 0.112. The monoisotopic (exact) mass is 477 g/mol. The van der Waals surface area contributed by atoms with Crippen LogP contribution in [0, 0.1) is 13.8 Å². The number of nitrogens with zero attached hydrogens (tertiary/aromatic N) is 3. The molecular formula is C22H24ClN3O5S. The van der Waals surface area contributed by atoms with Crippen LogP contribution in [0.4, 0.5) is 0 Å². The van der Waals surface area contributed by atoms with Crippen molar-refractivity contribution in [3.63, 3.8) is 0 Å². The Balaban J connectivity index is 1.38. The van der Waals surface area contributed by atoms with Gasteiger partial charge in [0.25, 0.3) is 0 Å². The highest BCUT2D eigenvalue weighted by Crippen LogP contribution is 2.21. The van der Waals surface area contributed by atoms with Crippen LogP contribution in [0.2, 0.25) is 5.02 Å². The zero-order valence-corrected chi connectivity index (χ0v) is 19.4. The summed E-state index contributed by atoms with van der Waals surface area (Å²) in [7, 11) is -3.60. The second kappa shape index (κ2) is 8.73. The van der Waals surface area contributed by atoms with Gasteiger partial charge in [0.15, 0.2) is 5.58 Å². The molecule has 1 saturated heterocycles. The lowest BCUT2D eigenvalue weighted by atomic mass is 10.1. The lowest BCUT2D eigenvalue weighted by molar-refractivity contribution is -0.132. The molecule has 0 N–H and O–H groups in total. The van der Waals surface area contributed by atoms with Crippen molar-refractivity contribution >= 4 is 38.6 Å². The summed E-state index contributed by atoms with van der Waals surface area (Å²) in [5.41, 5.74) is 2.91. The molecule has 1 aromatic heterocycles. The maximum Gasteiger partial charge on any atom is 0.419 e. The van der Waals surface area contributed by atoms with Gasteiger partial charge in [-0.1, -0.05) is 17.7 Å². The molecule has 0 spiro atoms. The van der Waals surface area contributed by atoms with Gasteiger partial charge in [0, 0.05) is 50.2 Å². The van der Waals surface area contributed by atoms with Crippen molar-refractivity contribution in [3.8, 4) is 0 Å². The maximum atomic E-state index is 13.0. The van der Waals surface area contributed by atoms with Gasteiger partial charge < -0.3 is 9.32 Å². The number of aryl methyl sites for hydroxylation is 3. The fourth-order valence-corrected chi connectivity index (χ4v) is 5.49. The quantitative estimate of drug-likeness (QED) is 0.563. The first-order valence-electron chi connectivity index (χ1n) is 10.3. The maximum absolute atomic E-state index is 13.0. The summed E-state index contributed by atoms with van der Waals surface area (Å²) in [6.45, 7) is 5.06. The number of hydrogen-bond acceptors (Lipinski definition) is 5. The lowest BCUT2D eigenvalue weighted by Crippen LogP contribution is -2.50. The van der Waals surface area contributed by atoms with E-state index in [0.29, 0.717) is 29.2 Å². The van der Waals surface area contributed by atoms with Gasteiger partial charge in [-0.25, -0.2) is 13.2 Å². The Bertz CT molecular complexity index is 1340. The average molecular weight is 478 g/mol. The van der Waals surface area contributed by atoms with Gasteiger partial charge in [0.1, 0.15) is 0 Å². The van der Waals surface area contributed by atoms with E-state index in [2.05, 4.69) is 0 Å². The minimum atomic E-state index is -3.60. The summed E-state index contributed by atoms with van der Waals surface area (Å²) in [4.78, 5) is 26.7. The molecule has 1 amide bonds. The molecule has 0 atom stereocenters. The Morgan fingerprint density at radius 1 is 1.03 bits per heavy atom. The van der Waals surface area contributed by atoms with Crippen LogP contribution < -0.4 is 5.76 Å². The normalized spacial score (nSPS) is 15.4. The summed E-state index contributed by atoms with van der Waals surface area (Å²) in [6.07, 6.45) is 0.112. The van der Waals surface area contributed by atoms with Crippen LogP contribution in [0.5, 0.6) is 0 Å². The molecule has 0 aliphatic carbocycles. The van der Waals surface area contributed by atoms with Gasteiger partial charge in [-0.2, -0.15) is 4.31 Å². The van der Waals surface area contributed by atoms with Gasteiger partial charge in [-0.15, -0.1) is 0 Å². The number of aromatic nitrogens is 1. The molecule has 4 rings (SSSR count). The molecule has 0 unspecified atom stereocenters. The van der Waals surface area contributed by atoms with Crippen LogP contribution in [0.15, 0.2) is 50.5 Å². The number of piperazine rings is 1. The predicted octanol–water partition coefficient (Wildman–Crippen LogP) is 2.79. The van der Waals surface area contributed by atoms with E-state index >= 15 is 0 Å². The molecule has 0 saturated carbocycles. The number of rotatable bonds is 5. The molecule has 1 aliphatic rings. The molecule has 170 valence electrons. The van der Waals surface area contributed by atoms with Crippen molar-refractivity contribution in [2.45, 2.75) is 31.7 Å². The van der Waals surface area contributed by atoms with E-state index < -0.39 is 15.8 Å². The summed E-state index contributed by atoms with van der Waals surface area (Å²) >= 11 is 5.93. The molecule has 32 heavy (non-hydrogen) atoms. The standard InChI is InChI=1S/C22H24ClN3O5S/c1-15-3-5-18(13-16(15)2)32(29,30)25-11-9-24(10-12-25)21(27)7-8-26-19-6-4-17(23)14-20(19)31-22(26)28/h3-6,13-14H,7-12H2,1-2H3. The van der Waals surface area contributed by atoms with Crippen LogP contribution in [-0.4, -0.2) is 54.3 Å². The van der Waals surface area contributed by atoms with Gasteiger partial charge in [0.05, 0.1) is 10.4 Å². The number of carbonyl (C=O) groups excluding carboxylic acids is 1. The van der Waals surface area contributed by atoms with Crippen LogP contribution in [0.25, 0.3) is 11.1 Å². The first-order chi connectivity index (χ1) is 15.2. The van der Waals surface area contributed by atoms with Gasteiger partial charge in [-0.05, 0) is 49.2 Å². The molecule has 1 fully saturated rings. The van der Waals surface area contributed by atoms with E-state index in [1.807, 2.05) is 13.8 Å². The molecular weight excluding hydrogens is 454 g/mol. The fourth-order valence-electron chi connectivity index (χ4n) is 3.82. The van der Waals surface area contributed by atoms with Crippen molar-refractivity contribution in [1.29, 1.82) is 0 Å². The summed E-state index contributed by atoms with van der Waals surface area (Å²) < 4.78 is 33.9.